The maximum absolute atomic E-state index is 9.27. The van der Waals surface area contributed by atoms with E-state index in [0.717, 1.165) is 26.2 Å². The Balaban J connectivity index is 1.45. The molecule has 0 fully saturated rings. The summed E-state index contributed by atoms with van der Waals surface area (Å²) in [6.07, 6.45) is 0. The van der Waals surface area contributed by atoms with Crippen LogP contribution in [0.25, 0.3) is 0 Å². The number of hydrogen-bond acceptors (Lipinski definition) is 7. The summed E-state index contributed by atoms with van der Waals surface area (Å²) < 4.78 is 16.9. The Morgan fingerprint density at radius 1 is 0.485 bits per heavy atom. The summed E-state index contributed by atoms with van der Waals surface area (Å²) in [6, 6.07) is 20.5. The predicted molar refractivity (Wildman–Crippen MR) is 130 cm³/mol. The minimum atomic E-state index is 0.139. The molecule has 2 N–H and O–H groups in total. The van der Waals surface area contributed by atoms with Crippen molar-refractivity contribution in [2.24, 2.45) is 0 Å². The Morgan fingerprint density at radius 3 is 1.21 bits per heavy atom. The second-order valence-electron chi connectivity index (χ2n) is 7.81. The van der Waals surface area contributed by atoms with Gasteiger partial charge >= 0.3 is 0 Å². The second-order valence-corrected chi connectivity index (χ2v) is 7.81. The number of hydrogen-bond donors (Lipinski definition) is 2. The number of benzene rings is 2. The molecule has 0 spiro atoms. The summed E-state index contributed by atoms with van der Waals surface area (Å²) in [5, 5.41) is 18.5. The van der Waals surface area contributed by atoms with Gasteiger partial charge in [-0.05, 0) is 11.1 Å². The molecule has 184 valence electrons. The number of nitrogens with zero attached hydrogens (tertiary/aromatic N) is 2. The summed E-state index contributed by atoms with van der Waals surface area (Å²) in [5.41, 5.74) is 2.46. The number of aliphatic hydroxyl groups excluding tert-OH is 2. The van der Waals surface area contributed by atoms with Crippen LogP contribution in [-0.4, -0.2) is 99.0 Å². The molecule has 33 heavy (non-hydrogen) atoms. The zero-order chi connectivity index (χ0) is 23.4. The molecule has 0 aromatic heterocycles. The topological polar surface area (TPSA) is 74.6 Å². The van der Waals surface area contributed by atoms with Gasteiger partial charge in [0.25, 0.3) is 0 Å². The van der Waals surface area contributed by atoms with Crippen LogP contribution in [-0.2, 0) is 27.3 Å². The van der Waals surface area contributed by atoms with E-state index < -0.39 is 0 Å². The van der Waals surface area contributed by atoms with Gasteiger partial charge in [-0.1, -0.05) is 60.7 Å². The van der Waals surface area contributed by atoms with Crippen molar-refractivity contribution in [2.45, 2.75) is 13.1 Å². The van der Waals surface area contributed by atoms with Crippen LogP contribution in [0, 0.1) is 0 Å². The Labute approximate surface area is 198 Å². The Bertz CT molecular complexity index is 630. The lowest BCUT2D eigenvalue weighted by Gasteiger charge is -2.21. The molecule has 2 aromatic rings. The predicted octanol–water partition coefficient (Wildman–Crippen LogP) is 2.03. The Kier molecular flexibility index (Phi) is 15.4. The van der Waals surface area contributed by atoms with Crippen molar-refractivity contribution in [3.63, 3.8) is 0 Å². The first-order valence-electron chi connectivity index (χ1n) is 11.8. The van der Waals surface area contributed by atoms with E-state index in [2.05, 4.69) is 34.1 Å². The highest BCUT2D eigenvalue weighted by Crippen LogP contribution is 2.05. The molecule has 0 unspecified atom stereocenters. The molecule has 7 nitrogen and oxygen atoms in total. The summed E-state index contributed by atoms with van der Waals surface area (Å²) >= 11 is 0. The quantitative estimate of drug-likeness (QED) is 0.293. The molecule has 0 saturated carbocycles. The molecule has 0 atom stereocenters. The summed E-state index contributed by atoms with van der Waals surface area (Å²) in [6.45, 7) is 8.06. The Morgan fingerprint density at radius 2 is 0.848 bits per heavy atom. The number of rotatable bonds is 20. The summed E-state index contributed by atoms with van der Waals surface area (Å²) in [4.78, 5) is 4.36. The van der Waals surface area contributed by atoms with Gasteiger partial charge in [-0.15, -0.1) is 0 Å². The first-order chi connectivity index (χ1) is 16.3. The van der Waals surface area contributed by atoms with Crippen molar-refractivity contribution in [2.75, 3.05) is 79.0 Å². The standard InChI is InChI=1S/C26H40N2O5/c29-15-11-27(23-25-7-3-1-4-8-25)13-17-31-19-21-33-22-20-32-18-14-28(12-16-30)24-26-9-5-2-6-10-26/h1-10,29-30H,11-24H2. The van der Waals surface area contributed by atoms with E-state index in [9.17, 15) is 10.2 Å². The third-order valence-electron chi connectivity index (χ3n) is 5.18. The smallest absolute Gasteiger partial charge is 0.0701 e. The molecule has 0 amide bonds. The summed E-state index contributed by atoms with van der Waals surface area (Å²) in [5.74, 6) is 0. The largest absolute Gasteiger partial charge is 0.395 e. The molecular formula is C26H40N2O5. The van der Waals surface area contributed by atoms with Crippen LogP contribution in [0.3, 0.4) is 0 Å². The van der Waals surface area contributed by atoms with Crippen LogP contribution in [0.1, 0.15) is 11.1 Å². The van der Waals surface area contributed by atoms with Crippen LogP contribution in [0.15, 0.2) is 60.7 Å². The molecule has 7 heteroatoms. The van der Waals surface area contributed by atoms with Gasteiger partial charge in [0.1, 0.15) is 0 Å². The molecule has 0 aliphatic rings. The molecule has 0 aliphatic carbocycles. The van der Waals surface area contributed by atoms with Gasteiger partial charge in [-0.25, -0.2) is 0 Å². The van der Waals surface area contributed by atoms with Gasteiger partial charge in [0.05, 0.1) is 52.9 Å². The van der Waals surface area contributed by atoms with E-state index in [1.807, 2.05) is 36.4 Å². The van der Waals surface area contributed by atoms with E-state index in [1.54, 1.807) is 0 Å². The monoisotopic (exact) mass is 460 g/mol. The highest BCUT2D eigenvalue weighted by molar-refractivity contribution is 5.15. The van der Waals surface area contributed by atoms with E-state index in [4.69, 9.17) is 14.2 Å². The lowest BCUT2D eigenvalue weighted by Crippen LogP contribution is -2.30. The minimum Gasteiger partial charge on any atom is -0.395 e. The molecule has 0 saturated heterocycles. The van der Waals surface area contributed by atoms with E-state index >= 15 is 0 Å². The van der Waals surface area contributed by atoms with Gasteiger partial charge in [0.2, 0.25) is 0 Å². The van der Waals surface area contributed by atoms with Crippen LogP contribution in [0.4, 0.5) is 0 Å². The van der Waals surface area contributed by atoms with E-state index in [1.165, 1.54) is 11.1 Å². The normalized spacial score (nSPS) is 11.5. The average molecular weight is 461 g/mol. The van der Waals surface area contributed by atoms with Gasteiger partial charge in [-0.2, -0.15) is 0 Å². The van der Waals surface area contributed by atoms with Crippen molar-refractivity contribution in [1.29, 1.82) is 0 Å². The van der Waals surface area contributed by atoms with Crippen LogP contribution in [0.2, 0.25) is 0 Å². The molecule has 0 radical (unpaired) electrons. The van der Waals surface area contributed by atoms with E-state index in [-0.39, 0.29) is 13.2 Å². The van der Waals surface area contributed by atoms with Crippen molar-refractivity contribution in [3.8, 4) is 0 Å². The van der Waals surface area contributed by atoms with Gasteiger partial charge in [-0.3, -0.25) is 9.80 Å². The fourth-order valence-electron chi connectivity index (χ4n) is 3.44. The van der Waals surface area contributed by atoms with Crippen LogP contribution < -0.4 is 0 Å². The zero-order valence-electron chi connectivity index (χ0n) is 19.7. The van der Waals surface area contributed by atoms with Gasteiger partial charge in [0, 0.05) is 39.3 Å². The number of aliphatic hydroxyl groups is 2. The SMILES string of the molecule is OCCN(CCOCCOCCOCCN(CCO)Cc1ccccc1)Cc1ccccc1. The van der Waals surface area contributed by atoms with Crippen LogP contribution >= 0.6 is 0 Å². The fraction of sp³-hybridized carbons (Fsp3) is 0.538. The van der Waals surface area contributed by atoms with Crippen LogP contribution in [0.5, 0.6) is 0 Å². The summed E-state index contributed by atoms with van der Waals surface area (Å²) in [7, 11) is 0. The average Bonchev–Trinajstić information content (AvgIpc) is 2.84. The van der Waals surface area contributed by atoms with Crippen molar-refractivity contribution in [3.05, 3.63) is 71.8 Å². The lowest BCUT2D eigenvalue weighted by molar-refractivity contribution is 0.00534. The maximum Gasteiger partial charge on any atom is 0.0701 e. The first kappa shape index (κ1) is 27.4. The third kappa shape index (κ3) is 13.5. The highest BCUT2D eigenvalue weighted by Gasteiger charge is 2.06. The second kappa shape index (κ2) is 18.6. The van der Waals surface area contributed by atoms with Crippen molar-refractivity contribution < 1.29 is 24.4 Å². The minimum absolute atomic E-state index is 0.139. The molecular weight excluding hydrogens is 420 g/mol. The van der Waals surface area contributed by atoms with Gasteiger partial charge < -0.3 is 24.4 Å². The number of ether oxygens (including phenoxy) is 3. The highest BCUT2D eigenvalue weighted by atomic mass is 16.5. The molecule has 2 rings (SSSR count). The molecule has 2 aromatic carbocycles. The van der Waals surface area contributed by atoms with Crippen molar-refractivity contribution in [1.82, 2.24) is 9.80 Å². The van der Waals surface area contributed by atoms with Crippen molar-refractivity contribution >= 4 is 0 Å². The zero-order valence-corrected chi connectivity index (χ0v) is 19.7. The fourth-order valence-corrected chi connectivity index (χ4v) is 3.44. The Hall–Kier alpha value is -1.84. The first-order valence-corrected chi connectivity index (χ1v) is 11.8. The molecule has 0 heterocycles. The lowest BCUT2D eigenvalue weighted by atomic mass is 10.2. The molecule has 0 bridgehead atoms. The van der Waals surface area contributed by atoms with E-state index in [0.29, 0.717) is 52.7 Å². The van der Waals surface area contributed by atoms with Gasteiger partial charge in [0.15, 0.2) is 0 Å². The molecule has 0 aliphatic heterocycles. The maximum atomic E-state index is 9.27. The third-order valence-corrected chi connectivity index (χ3v) is 5.18.